The minimum atomic E-state index is -4.42. The molecule has 0 saturated carbocycles. The topological polar surface area (TPSA) is 36.4 Å². The van der Waals surface area contributed by atoms with Crippen LogP contribution in [0.1, 0.15) is 16.7 Å². The van der Waals surface area contributed by atoms with Crippen molar-refractivity contribution < 1.29 is 22.0 Å². The molecule has 0 amide bonds. The number of hydrogen-bond donors (Lipinski definition) is 2. The lowest BCUT2D eigenvalue weighted by atomic mass is 10.1. The largest absolute Gasteiger partial charge is 0.416 e. The number of hydrogen-bond acceptors (Lipinski definition) is 1. The van der Waals surface area contributed by atoms with Crippen LogP contribution in [-0.4, -0.2) is 19.6 Å². The van der Waals surface area contributed by atoms with E-state index in [9.17, 15) is 22.0 Å². The van der Waals surface area contributed by atoms with Gasteiger partial charge in [-0.2, -0.15) is 13.2 Å². The molecule has 2 rings (SSSR count). The second-order valence-electron chi connectivity index (χ2n) is 5.40. The van der Waals surface area contributed by atoms with Gasteiger partial charge in [0, 0.05) is 24.7 Å². The van der Waals surface area contributed by atoms with Crippen molar-refractivity contribution in [3.05, 3.63) is 70.8 Å². The maximum atomic E-state index is 13.6. The fourth-order valence-corrected chi connectivity index (χ4v) is 2.13. The molecule has 27 heavy (non-hydrogen) atoms. The molecule has 0 heterocycles. The number of alkyl halides is 3. The lowest BCUT2D eigenvalue weighted by molar-refractivity contribution is -0.137. The van der Waals surface area contributed by atoms with Crippen LogP contribution in [0.15, 0.2) is 47.5 Å². The monoisotopic (exact) mass is 381 g/mol. The molecule has 0 aliphatic carbocycles. The van der Waals surface area contributed by atoms with Crippen LogP contribution >= 0.6 is 0 Å². The van der Waals surface area contributed by atoms with E-state index in [1.165, 1.54) is 19.2 Å². The van der Waals surface area contributed by atoms with Gasteiger partial charge in [-0.3, -0.25) is 4.99 Å². The third-order valence-electron chi connectivity index (χ3n) is 3.44. The lowest BCUT2D eigenvalue weighted by Gasteiger charge is -2.10. The van der Waals surface area contributed by atoms with E-state index in [1.54, 1.807) is 0 Å². The molecular formula is C19H16F5N3. The van der Waals surface area contributed by atoms with Crippen molar-refractivity contribution in [3.63, 3.8) is 0 Å². The van der Waals surface area contributed by atoms with Crippen LogP contribution in [0, 0.1) is 23.5 Å². The first-order chi connectivity index (χ1) is 12.8. The zero-order chi connectivity index (χ0) is 19.9. The third kappa shape index (κ3) is 6.29. The van der Waals surface area contributed by atoms with E-state index in [0.29, 0.717) is 0 Å². The first kappa shape index (κ1) is 20.2. The van der Waals surface area contributed by atoms with Crippen molar-refractivity contribution in [2.24, 2.45) is 4.99 Å². The van der Waals surface area contributed by atoms with Crippen LogP contribution in [0.3, 0.4) is 0 Å². The van der Waals surface area contributed by atoms with Gasteiger partial charge in [0.1, 0.15) is 11.6 Å². The minimum Gasteiger partial charge on any atom is -0.352 e. The van der Waals surface area contributed by atoms with Crippen LogP contribution in [0.2, 0.25) is 0 Å². The highest BCUT2D eigenvalue weighted by Gasteiger charge is 2.30. The predicted octanol–water partition coefficient (Wildman–Crippen LogP) is 3.70. The second-order valence-corrected chi connectivity index (χ2v) is 5.40. The molecule has 2 aromatic carbocycles. The average Bonchev–Trinajstić information content (AvgIpc) is 2.63. The van der Waals surface area contributed by atoms with Crippen LogP contribution in [0.5, 0.6) is 0 Å². The van der Waals surface area contributed by atoms with E-state index in [2.05, 4.69) is 27.5 Å². The molecule has 0 aliphatic rings. The summed E-state index contributed by atoms with van der Waals surface area (Å²) in [6.45, 7) is 0.103. The number of rotatable bonds is 3. The van der Waals surface area contributed by atoms with Gasteiger partial charge >= 0.3 is 6.18 Å². The molecule has 0 atom stereocenters. The number of halogens is 5. The first-order valence-corrected chi connectivity index (χ1v) is 7.84. The van der Waals surface area contributed by atoms with Crippen molar-refractivity contribution in [2.45, 2.75) is 12.7 Å². The molecular weight excluding hydrogens is 365 g/mol. The van der Waals surface area contributed by atoms with E-state index in [-0.39, 0.29) is 30.2 Å². The fraction of sp³-hybridized carbons (Fsp3) is 0.211. The van der Waals surface area contributed by atoms with E-state index >= 15 is 0 Å². The number of nitrogens with zero attached hydrogens (tertiary/aromatic N) is 1. The smallest absolute Gasteiger partial charge is 0.352 e. The maximum Gasteiger partial charge on any atom is 0.416 e. The summed E-state index contributed by atoms with van der Waals surface area (Å²) in [6.07, 6.45) is -4.42. The van der Waals surface area contributed by atoms with Gasteiger partial charge in [0.2, 0.25) is 0 Å². The summed E-state index contributed by atoms with van der Waals surface area (Å²) < 4.78 is 64.7. The molecule has 2 aromatic rings. The minimum absolute atomic E-state index is 0.00429. The molecule has 0 radical (unpaired) electrons. The molecule has 0 bridgehead atoms. The van der Waals surface area contributed by atoms with E-state index < -0.39 is 23.4 Å². The zero-order valence-electron chi connectivity index (χ0n) is 14.3. The summed E-state index contributed by atoms with van der Waals surface area (Å²) in [4.78, 5) is 3.91. The summed E-state index contributed by atoms with van der Waals surface area (Å²) >= 11 is 0. The highest BCUT2D eigenvalue weighted by Crippen LogP contribution is 2.29. The van der Waals surface area contributed by atoms with E-state index in [4.69, 9.17) is 0 Å². The quantitative estimate of drug-likeness (QED) is 0.368. The number of guanidine groups is 1. The standard InChI is InChI=1S/C19H16F5N3/c1-25-18(27-12-14-11-16(20)7-8-17(14)21)26-9-3-5-13-4-2-6-15(10-13)19(22,23)24/h2,4,6-8,10-11H,9,12H2,1H3,(H2,25,26,27). The van der Waals surface area contributed by atoms with Crippen LogP contribution in [0.4, 0.5) is 22.0 Å². The Morgan fingerprint density at radius 3 is 2.56 bits per heavy atom. The Bertz CT molecular complexity index is 879. The van der Waals surface area contributed by atoms with Crippen molar-refractivity contribution in [1.29, 1.82) is 0 Å². The Hall–Kier alpha value is -3.08. The molecule has 2 N–H and O–H groups in total. The first-order valence-electron chi connectivity index (χ1n) is 7.84. The molecule has 0 unspecified atom stereocenters. The predicted molar refractivity (Wildman–Crippen MR) is 92.9 cm³/mol. The fourth-order valence-electron chi connectivity index (χ4n) is 2.13. The molecule has 0 aliphatic heterocycles. The Balaban J connectivity index is 1.91. The van der Waals surface area contributed by atoms with E-state index in [0.717, 1.165) is 30.3 Å². The number of nitrogens with one attached hydrogen (secondary N) is 2. The molecule has 0 spiro atoms. The van der Waals surface area contributed by atoms with Crippen LogP contribution in [-0.2, 0) is 12.7 Å². The van der Waals surface area contributed by atoms with Gasteiger partial charge < -0.3 is 10.6 Å². The van der Waals surface area contributed by atoms with Gasteiger partial charge in [-0.05, 0) is 36.4 Å². The Morgan fingerprint density at radius 1 is 1.07 bits per heavy atom. The van der Waals surface area contributed by atoms with Gasteiger partial charge in [0.15, 0.2) is 5.96 Å². The lowest BCUT2D eigenvalue weighted by Crippen LogP contribution is -2.37. The molecule has 3 nitrogen and oxygen atoms in total. The zero-order valence-corrected chi connectivity index (χ0v) is 14.3. The Morgan fingerprint density at radius 2 is 1.85 bits per heavy atom. The van der Waals surface area contributed by atoms with Crippen molar-refractivity contribution >= 4 is 5.96 Å². The summed E-state index contributed by atoms with van der Waals surface area (Å²) in [7, 11) is 1.48. The van der Waals surface area contributed by atoms with Crippen molar-refractivity contribution in [1.82, 2.24) is 10.6 Å². The summed E-state index contributed by atoms with van der Waals surface area (Å²) in [5, 5.41) is 5.61. The molecule has 142 valence electrons. The van der Waals surface area contributed by atoms with Crippen LogP contribution < -0.4 is 10.6 Å². The van der Waals surface area contributed by atoms with Crippen molar-refractivity contribution in [2.75, 3.05) is 13.6 Å². The third-order valence-corrected chi connectivity index (χ3v) is 3.44. The maximum absolute atomic E-state index is 13.6. The molecule has 0 aromatic heterocycles. The van der Waals surface area contributed by atoms with Gasteiger partial charge in [-0.1, -0.05) is 17.9 Å². The Kier molecular flexibility index (Phi) is 6.77. The second kappa shape index (κ2) is 9.03. The highest BCUT2D eigenvalue weighted by molar-refractivity contribution is 5.79. The van der Waals surface area contributed by atoms with Gasteiger partial charge in [0.05, 0.1) is 12.1 Å². The van der Waals surface area contributed by atoms with Crippen molar-refractivity contribution in [3.8, 4) is 11.8 Å². The SMILES string of the molecule is CN=C(NCC#Cc1cccc(C(F)(F)F)c1)NCc1cc(F)ccc1F. The summed E-state index contributed by atoms with van der Waals surface area (Å²) in [6, 6.07) is 7.82. The Labute approximate surface area is 153 Å². The number of benzene rings is 2. The highest BCUT2D eigenvalue weighted by atomic mass is 19.4. The normalized spacial score (nSPS) is 11.6. The number of aliphatic imine (C=N–C) groups is 1. The molecule has 0 fully saturated rings. The molecule has 0 saturated heterocycles. The average molecular weight is 381 g/mol. The van der Waals surface area contributed by atoms with Crippen LogP contribution in [0.25, 0.3) is 0 Å². The van der Waals surface area contributed by atoms with Gasteiger partial charge in [0.25, 0.3) is 0 Å². The summed E-state index contributed by atoms with van der Waals surface area (Å²) in [5.41, 5.74) is -0.402. The van der Waals surface area contributed by atoms with Gasteiger partial charge in [-0.25, -0.2) is 8.78 Å². The molecule has 8 heteroatoms. The van der Waals surface area contributed by atoms with Gasteiger partial charge in [-0.15, -0.1) is 0 Å². The van der Waals surface area contributed by atoms with E-state index in [1.807, 2.05) is 0 Å². The summed E-state index contributed by atoms with van der Waals surface area (Å²) in [5.74, 6) is 4.49.